The maximum absolute atomic E-state index is 4.01. The summed E-state index contributed by atoms with van der Waals surface area (Å²) in [5.74, 6) is 0. The first-order chi connectivity index (χ1) is 8.24. The van der Waals surface area contributed by atoms with Crippen molar-refractivity contribution in [2.24, 2.45) is 0 Å². The average molecular weight is 226 g/mol. The van der Waals surface area contributed by atoms with Gasteiger partial charge in [0, 0.05) is 24.6 Å². The fourth-order valence-corrected chi connectivity index (χ4v) is 1.98. The lowest BCUT2D eigenvalue weighted by molar-refractivity contribution is 1.01. The first kappa shape index (κ1) is 11.6. The molecule has 88 valence electrons. The highest BCUT2D eigenvalue weighted by Gasteiger charge is 1.96. The molecule has 2 aromatic rings. The molecule has 0 atom stereocenters. The summed E-state index contributed by atoms with van der Waals surface area (Å²) in [5.41, 5.74) is 5.13. The SMILES string of the molecule is Cc1cc(C)cc(NCCc2ccncc2)c1. The van der Waals surface area contributed by atoms with Crippen LogP contribution in [0, 0.1) is 13.8 Å². The quantitative estimate of drug-likeness (QED) is 0.864. The lowest BCUT2D eigenvalue weighted by atomic mass is 10.1. The maximum Gasteiger partial charge on any atom is 0.0345 e. The first-order valence-corrected chi connectivity index (χ1v) is 5.95. The van der Waals surface area contributed by atoms with Crippen LogP contribution in [0.1, 0.15) is 16.7 Å². The molecule has 0 unspecified atom stereocenters. The highest BCUT2D eigenvalue weighted by molar-refractivity contribution is 5.48. The van der Waals surface area contributed by atoms with E-state index in [-0.39, 0.29) is 0 Å². The molecule has 2 nitrogen and oxygen atoms in total. The van der Waals surface area contributed by atoms with Gasteiger partial charge in [0.2, 0.25) is 0 Å². The molecule has 1 N–H and O–H groups in total. The number of hydrogen-bond donors (Lipinski definition) is 1. The van der Waals surface area contributed by atoms with Crippen LogP contribution in [-0.2, 0) is 6.42 Å². The molecule has 0 aliphatic rings. The number of nitrogens with one attached hydrogen (secondary N) is 1. The van der Waals surface area contributed by atoms with Crippen molar-refractivity contribution >= 4 is 5.69 Å². The van der Waals surface area contributed by atoms with Crippen LogP contribution in [0.3, 0.4) is 0 Å². The minimum Gasteiger partial charge on any atom is -0.385 e. The number of benzene rings is 1. The van der Waals surface area contributed by atoms with Crippen LogP contribution in [0.4, 0.5) is 5.69 Å². The average Bonchev–Trinajstić information content (AvgIpc) is 2.29. The number of rotatable bonds is 4. The summed E-state index contributed by atoms with van der Waals surface area (Å²) in [4.78, 5) is 4.01. The monoisotopic (exact) mass is 226 g/mol. The molecule has 1 aromatic carbocycles. The van der Waals surface area contributed by atoms with Crippen LogP contribution in [0.25, 0.3) is 0 Å². The van der Waals surface area contributed by atoms with Crippen LogP contribution >= 0.6 is 0 Å². The molecule has 0 amide bonds. The number of hydrogen-bond acceptors (Lipinski definition) is 2. The topological polar surface area (TPSA) is 24.9 Å². The highest BCUT2D eigenvalue weighted by atomic mass is 14.9. The Morgan fingerprint density at radius 2 is 1.65 bits per heavy atom. The van der Waals surface area contributed by atoms with Crippen LogP contribution in [0.15, 0.2) is 42.7 Å². The van der Waals surface area contributed by atoms with E-state index in [4.69, 9.17) is 0 Å². The fourth-order valence-electron chi connectivity index (χ4n) is 1.98. The molecular weight excluding hydrogens is 208 g/mol. The second-order valence-corrected chi connectivity index (χ2v) is 4.41. The molecule has 0 saturated heterocycles. The summed E-state index contributed by atoms with van der Waals surface area (Å²) in [6.45, 7) is 5.20. The van der Waals surface area contributed by atoms with Crippen LogP contribution < -0.4 is 5.32 Å². The molecule has 0 radical (unpaired) electrons. The molecule has 1 aromatic heterocycles. The second kappa shape index (κ2) is 5.48. The number of aromatic nitrogens is 1. The lowest BCUT2D eigenvalue weighted by Crippen LogP contribution is -2.05. The molecule has 2 heteroatoms. The summed E-state index contributed by atoms with van der Waals surface area (Å²) in [5, 5.41) is 3.45. The molecule has 17 heavy (non-hydrogen) atoms. The molecule has 0 spiro atoms. The van der Waals surface area contributed by atoms with Crippen molar-refractivity contribution in [1.29, 1.82) is 0 Å². The van der Waals surface area contributed by atoms with Gasteiger partial charge in [-0.15, -0.1) is 0 Å². The second-order valence-electron chi connectivity index (χ2n) is 4.41. The third-order valence-corrected chi connectivity index (χ3v) is 2.71. The van der Waals surface area contributed by atoms with Gasteiger partial charge in [0.25, 0.3) is 0 Å². The van der Waals surface area contributed by atoms with Crippen molar-refractivity contribution in [1.82, 2.24) is 4.98 Å². The molecule has 0 aliphatic carbocycles. The van der Waals surface area contributed by atoms with Gasteiger partial charge < -0.3 is 5.32 Å². The van der Waals surface area contributed by atoms with E-state index in [1.165, 1.54) is 22.4 Å². The first-order valence-electron chi connectivity index (χ1n) is 5.95. The maximum atomic E-state index is 4.01. The van der Waals surface area contributed by atoms with Crippen molar-refractivity contribution in [3.63, 3.8) is 0 Å². The van der Waals surface area contributed by atoms with E-state index in [9.17, 15) is 0 Å². The van der Waals surface area contributed by atoms with Crippen molar-refractivity contribution in [2.75, 3.05) is 11.9 Å². The zero-order chi connectivity index (χ0) is 12.1. The summed E-state index contributed by atoms with van der Waals surface area (Å²) in [7, 11) is 0. The number of pyridine rings is 1. The Labute approximate surface area is 103 Å². The zero-order valence-electron chi connectivity index (χ0n) is 10.4. The van der Waals surface area contributed by atoms with Gasteiger partial charge in [0.05, 0.1) is 0 Å². The highest BCUT2D eigenvalue weighted by Crippen LogP contribution is 2.13. The fraction of sp³-hybridized carbons (Fsp3) is 0.267. The van der Waals surface area contributed by atoms with Gasteiger partial charge in [0.1, 0.15) is 0 Å². The Balaban J connectivity index is 1.90. The zero-order valence-corrected chi connectivity index (χ0v) is 10.4. The van der Waals surface area contributed by atoms with Gasteiger partial charge >= 0.3 is 0 Å². The third kappa shape index (κ3) is 3.59. The van der Waals surface area contributed by atoms with Crippen molar-refractivity contribution in [3.8, 4) is 0 Å². The van der Waals surface area contributed by atoms with Crippen LogP contribution in [-0.4, -0.2) is 11.5 Å². The summed E-state index contributed by atoms with van der Waals surface area (Å²) in [6.07, 6.45) is 4.70. The minimum absolute atomic E-state index is 0.951. The predicted octanol–water partition coefficient (Wildman–Crippen LogP) is 3.35. The summed E-state index contributed by atoms with van der Waals surface area (Å²) in [6, 6.07) is 10.7. The van der Waals surface area contributed by atoms with Crippen molar-refractivity contribution < 1.29 is 0 Å². The van der Waals surface area contributed by atoms with E-state index in [2.05, 4.69) is 54.5 Å². The number of anilines is 1. The Morgan fingerprint density at radius 3 is 2.29 bits per heavy atom. The van der Waals surface area contributed by atoms with Gasteiger partial charge in [-0.2, -0.15) is 0 Å². The Hall–Kier alpha value is -1.83. The predicted molar refractivity (Wildman–Crippen MR) is 72.3 cm³/mol. The van der Waals surface area contributed by atoms with E-state index in [0.717, 1.165) is 13.0 Å². The Morgan fingerprint density at radius 1 is 1.00 bits per heavy atom. The van der Waals surface area contributed by atoms with E-state index < -0.39 is 0 Å². The Kier molecular flexibility index (Phi) is 3.76. The van der Waals surface area contributed by atoms with Crippen molar-refractivity contribution in [3.05, 3.63) is 59.4 Å². The van der Waals surface area contributed by atoms with Crippen LogP contribution in [0.5, 0.6) is 0 Å². The lowest BCUT2D eigenvalue weighted by Gasteiger charge is -2.08. The molecule has 0 aliphatic heterocycles. The molecule has 0 saturated carbocycles. The van der Waals surface area contributed by atoms with Gasteiger partial charge in [-0.05, 0) is 61.2 Å². The number of nitrogens with zero attached hydrogens (tertiary/aromatic N) is 1. The summed E-state index contributed by atoms with van der Waals surface area (Å²) >= 11 is 0. The van der Waals surface area contributed by atoms with Gasteiger partial charge in [-0.25, -0.2) is 0 Å². The third-order valence-electron chi connectivity index (χ3n) is 2.71. The van der Waals surface area contributed by atoms with Gasteiger partial charge in [-0.1, -0.05) is 6.07 Å². The summed E-state index contributed by atoms with van der Waals surface area (Å²) < 4.78 is 0. The van der Waals surface area contributed by atoms with E-state index in [1.54, 1.807) is 0 Å². The van der Waals surface area contributed by atoms with E-state index in [1.807, 2.05) is 12.4 Å². The molecule has 2 rings (SSSR count). The van der Waals surface area contributed by atoms with Gasteiger partial charge in [-0.3, -0.25) is 4.98 Å². The van der Waals surface area contributed by atoms with E-state index in [0.29, 0.717) is 0 Å². The molecule has 1 heterocycles. The standard InChI is InChI=1S/C15H18N2/c1-12-9-13(2)11-15(10-12)17-8-5-14-3-6-16-7-4-14/h3-4,6-7,9-11,17H,5,8H2,1-2H3. The molecular formula is C15H18N2. The van der Waals surface area contributed by atoms with Crippen LogP contribution in [0.2, 0.25) is 0 Å². The molecule has 0 bridgehead atoms. The largest absolute Gasteiger partial charge is 0.385 e. The van der Waals surface area contributed by atoms with E-state index >= 15 is 0 Å². The molecule has 0 fully saturated rings. The van der Waals surface area contributed by atoms with Crippen molar-refractivity contribution in [2.45, 2.75) is 20.3 Å². The Bertz CT molecular complexity index is 457. The van der Waals surface area contributed by atoms with Gasteiger partial charge in [0.15, 0.2) is 0 Å². The smallest absolute Gasteiger partial charge is 0.0345 e. The number of aryl methyl sites for hydroxylation is 2. The minimum atomic E-state index is 0.951. The normalized spacial score (nSPS) is 10.2.